The minimum atomic E-state index is -0.426. The minimum absolute atomic E-state index is 0.137. The van der Waals surface area contributed by atoms with Crippen LogP contribution in [0.15, 0.2) is 180 Å². The van der Waals surface area contributed by atoms with E-state index in [0.717, 1.165) is 92.5 Å². The summed E-state index contributed by atoms with van der Waals surface area (Å²) in [5.41, 5.74) is 6.23. The third-order valence-corrected chi connectivity index (χ3v) is 10.8. The highest BCUT2D eigenvalue weighted by molar-refractivity contribution is 6.35. The second kappa shape index (κ2) is 11.1. The van der Waals surface area contributed by atoms with Crippen LogP contribution in [0.5, 0.6) is 0 Å². The van der Waals surface area contributed by atoms with E-state index < -0.39 is 6.04 Å². The van der Waals surface area contributed by atoms with Crippen molar-refractivity contribution >= 4 is 87.0 Å². The fourth-order valence-corrected chi connectivity index (χ4v) is 8.53. The third kappa shape index (κ3) is 4.08. The number of nitrogens with zero attached hydrogens (tertiary/aromatic N) is 3. The van der Waals surface area contributed by atoms with Gasteiger partial charge < -0.3 is 4.42 Å². The van der Waals surface area contributed by atoms with Gasteiger partial charge in [0.15, 0.2) is 0 Å². The van der Waals surface area contributed by atoms with Crippen LogP contribution in [-0.2, 0) is 0 Å². The molecular formula is C50H29N3O. The number of benzene rings is 9. The molecule has 4 heteroatoms. The maximum Gasteiger partial charge on any atom is 0.235 e. The summed E-state index contributed by atoms with van der Waals surface area (Å²) in [5, 5.41) is 11.3. The van der Waals surface area contributed by atoms with Crippen LogP contribution in [0.2, 0.25) is 0 Å². The molecule has 0 bridgehead atoms. The van der Waals surface area contributed by atoms with Crippen molar-refractivity contribution in [1.29, 1.82) is 0 Å². The van der Waals surface area contributed by atoms with Crippen LogP contribution in [0.3, 0.4) is 0 Å². The van der Waals surface area contributed by atoms with E-state index in [0.29, 0.717) is 17.2 Å². The van der Waals surface area contributed by atoms with Crippen LogP contribution < -0.4 is 0 Å². The van der Waals surface area contributed by atoms with Gasteiger partial charge in [0.2, 0.25) is 5.95 Å². The standard InChI is InChI=1S/C50H29N3O/c1-2-13-30(14-3-1)32-16-12-17-33(29-32)46-41-26-25-31-15-4-5-18-34(31)47(41)52-50(51-46)53-42-24-11-10-21-37(42)39-27-28-43-45(48(39)53)44-38-22-8-6-19-35(38)36-20-7-9-23-40(36)49(44)54-43/h1-29H/i1D,2D,3D,13D,14D. The Balaban J connectivity index is 1.24. The first-order valence-corrected chi connectivity index (χ1v) is 17.9. The van der Waals surface area contributed by atoms with Crippen molar-refractivity contribution in [2.45, 2.75) is 0 Å². The summed E-state index contributed by atoms with van der Waals surface area (Å²) in [5.74, 6) is 0.468. The molecule has 0 N–H and O–H groups in total. The van der Waals surface area contributed by atoms with Gasteiger partial charge in [-0.1, -0.05) is 145 Å². The van der Waals surface area contributed by atoms with Gasteiger partial charge in [-0.15, -0.1) is 0 Å². The summed E-state index contributed by atoms with van der Waals surface area (Å²) in [7, 11) is 0. The van der Waals surface area contributed by atoms with Crippen LogP contribution in [-0.4, -0.2) is 14.5 Å². The highest BCUT2D eigenvalue weighted by Crippen LogP contribution is 2.46. The Bertz CT molecular complexity index is 3780. The van der Waals surface area contributed by atoms with E-state index in [2.05, 4.69) is 102 Å². The highest BCUT2D eigenvalue weighted by Gasteiger charge is 2.24. The Morgan fingerprint density at radius 2 is 1.17 bits per heavy atom. The van der Waals surface area contributed by atoms with E-state index in [1.165, 1.54) is 0 Å². The number of para-hydroxylation sites is 1. The van der Waals surface area contributed by atoms with E-state index in [1.54, 1.807) is 6.07 Å². The Kier molecular flexibility index (Phi) is 5.10. The zero-order chi connectivity index (χ0) is 39.7. The molecule has 0 aliphatic heterocycles. The van der Waals surface area contributed by atoms with Gasteiger partial charge in [0.25, 0.3) is 0 Å². The molecule has 54 heavy (non-hydrogen) atoms. The number of hydrogen-bond acceptors (Lipinski definition) is 3. The molecule has 3 heterocycles. The number of aromatic nitrogens is 3. The first-order valence-electron chi connectivity index (χ1n) is 20.4. The van der Waals surface area contributed by atoms with E-state index in [9.17, 15) is 0 Å². The lowest BCUT2D eigenvalue weighted by atomic mass is 9.96. The maximum absolute atomic E-state index is 8.75. The molecule has 12 rings (SSSR count). The van der Waals surface area contributed by atoms with Gasteiger partial charge in [-0.3, -0.25) is 4.57 Å². The summed E-state index contributed by atoms with van der Waals surface area (Å²) in [6, 6.07) is 47.5. The molecule has 0 aliphatic rings. The average molecular weight is 693 g/mol. The first-order chi connectivity index (χ1) is 28.9. The Hall–Kier alpha value is -7.30. The minimum Gasteiger partial charge on any atom is -0.455 e. The molecule has 0 spiro atoms. The number of fused-ring (bicyclic) bond motifs is 15. The number of hydrogen-bond donors (Lipinski definition) is 0. The molecule has 0 fully saturated rings. The quantitative estimate of drug-likeness (QED) is 0.173. The highest BCUT2D eigenvalue weighted by atomic mass is 16.3. The fraction of sp³-hybridized carbons (Fsp3) is 0. The second-order valence-electron chi connectivity index (χ2n) is 13.7. The second-order valence-corrected chi connectivity index (χ2v) is 13.7. The SMILES string of the molecule is [2H]c1c([2H])c([2H])c(-c2cccc(-c3nc(-n4c5ccccc5c5ccc6oc7c8ccccc8c8ccccc8c7c6c54)nc4c3ccc3ccccc34)c2)c([2H])c1[2H]. The predicted molar refractivity (Wildman–Crippen MR) is 225 cm³/mol. The number of furan rings is 1. The van der Waals surface area contributed by atoms with Crippen LogP contribution >= 0.6 is 0 Å². The lowest BCUT2D eigenvalue weighted by molar-refractivity contribution is 0.673. The molecule has 3 aromatic heterocycles. The molecule has 0 saturated carbocycles. The molecule has 12 aromatic rings. The van der Waals surface area contributed by atoms with Crippen molar-refractivity contribution in [2.24, 2.45) is 0 Å². The van der Waals surface area contributed by atoms with Gasteiger partial charge in [-0.05, 0) is 63.0 Å². The van der Waals surface area contributed by atoms with E-state index in [-0.39, 0.29) is 29.7 Å². The van der Waals surface area contributed by atoms with Gasteiger partial charge in [0.1, 0.15) is 11.2 Å². The lowest BCUT2D eigenvalue weighted by Gasteiger charge is -2.14. The number of rotatable bonds is 3. The molecule has 0 aliphatic carbocycles. The lowest BCUT2D eigenvalue weighted by Crippen LogP contribution is -2.04. The van der Waals surface area contributed by atoms with Crippen molar-refractivity contribution in [2.75, 3.05) is 0 Å². The van der Waals surface area contributed by atoms with Crippen molar-refractivity contribution in [3.8, 4) is 28.3 Å². The summed E-state index contributed by atoms with van der Waals surface area (Å²) in [6.45, 7) is 0. The van der Waals surface area contributed by atoms with Gasteiger partial charge in [-0.2, -0.15) is 0 Å². The molecule has 9 aromatic carbocycles. The summed E-state index contributed by atoms with van der Waals surface area (Å²) in [6.07, 6.45) is 0. The Morgan fingerprint density at radius 1 is 0.481 bits per heavy atom. The Morgan fingerprint density at radius 3 is 2.02 bits per heavy atom. The van der Waals surface area contributed by atoms with Gasteiger partial charge in [0, 0.05) is 37.9 Å². The van der Waals surface area contributed by atoms with Crippen molar-refractivity contribution in [1.82, 2.24) is 14.5 Å². The summed E-state index contributed by atoms with van der Waals surface area (Å²) < 4.78 is 51.4. The van der Waals surface area contributed by atoms with Crippen molar-refractivity contribution < 1.29 is 11.3 Å². The molecule has 0 radical (unpaired) electrons. The normalized spacial score (nSPS) is 13.4. The molecule has 0 amide bonds. The first kappa shape index (κ1) is 24.8. The zero-order valence-corrected chi connectivity index (χ0v) is 28.6. The predicted octanol–water partition coefficient (Wildman–Crippen LogP) is 13.4. The Labute approximate surface area is 316 Å². The molecule has 0 atom stereocenters. The topological polar surface area (TPSA) is 43.9 Å². The molecule has 4 nitrogen and oxygen atoms in total. The average Bonchev–Trinajstić information content (AvgIpc) is 3.84. The van der Waals surface area contributed by atoms with Crippen molar-refractivity contribution in [3.05, 3.63) is 176 Å². The summed E-state index contributed by atoms with van der Waals surface area (Å²) in [4.78, 5) is 10.9. The summed E-state index contributed by atoms with van der Waals surface area (Å²) >= 11 is 0. The smallest absolute Gasteiger partial charge is 0.235 e. The molecule has 0 saturated heterocycles. The monoisotopic (exact) mass is 692 g/mol. The third-order valence-electron chi connectivity index (χ3n) is 10.8. The van der Waals surface area contributed by atoms with Crippen LogP contribution in [0, 0.1) is 0 Å². The van der Waals surface area contributed by atoms with E-state index in [4.69, 9.17) is 21.2 Å². The van der Waals surface area contributed by atoms with Crippen molar-refractivity contribution in [3.63, 3.8) is 0 Å². The zero-order valence-electron chi connectivity index (χ0n) is 33.6. The fourth-order valence-electron chi connectivity index (χ4n) is 8.53. The molecule has 250 valence electrons. The van der Waals surface area contributed by atoms with Crippen LogP contribution in [0.1, 0.15) is 6.85 Å². The van der Waals surface area contributed by atoms with E-state index >= 15 is 0 Å². The van der Waals surface area contributed by atoms with Gasteiger partial charge in [-0.25, -0.2) is 9.97 Å². The van der Waals surface area contributed by atoms with Gasteiger partial charge >= 0.3 is 0 Å². The van der Waals surface area contributed by atoms with Gasteiger partial charge in [0.05, 0.1) is 34.5 Å². The van der Waals surface area contributed by atoms with Crippen LogP contribution in [0.25, 0.3) is 115 Å². The molecular weight excluding hydrogens is 659 g/mol. The largest absolute Gasteiger partial charge is 0.455 e. The maximum atomic E-state index is 8.75. The molecule has 0 unspecified atom stereocenters. The van der Waals surface area contributed by atoms with E-state index in [1.807, 2.05) is 42.5 Å². The van der Waals surface area contributed by atoms with Crippen LogP contribution in [0.4, 0.5) is 0 Å².